The number of hydrogen-bond acceptors (Lipinski definition) is 8. The predicted molar refractivity (Wildman–Crippen MR) is 111 cm³/mol. The molecule has 0 fully saturated rings. The van der Waals surface area contributed by atoms with E-state index in [0.717, 1.165) is 0 Å². The average Bonchev–Trinajstić information content (AvgIpc) is 2.69. The molecule has 0 saturated heterocycles. The number of benzene rings is 2. The van der Waals surface area contributed by atoms with Gasteiger partial charge in [-0.1, -0.05) is 12.1 Å². The van der Waals surface area contributed by atoms with Gasteiger partial charge in [-0.25, -0.2) is 4.79 Å². The molecule has 1 atom stereocenters. The Bertz CT molecular complexity index is 1290. The maximum atomic E-state index is 12.7. The van der Waals surface area contributed by atoms with Crippen LogP contribution in [-0.2, 0) is 4.79 Å². The van der Waals surface area contributed by atoms with Gasteiger partial charge in [0.2, 0.25) is 0 Å². The predicted octanol–water partition coefficient (Wildman–Crippen LogP) is 3.71. The highest BCUT2D eigenvalue weighted by atomic mass is 16.5. The summed E-state index contributed by atoms with van der Waals surface area (Å²) in [6.45, 7) is 1.40. The molecule has 1 aliphatic heterocycles. The van der Waals surface area contributed by atoms with Crippen molar-refractivity contribution in [1.29, 1.82) is 0 Å². The number of ketones is 1. The largest absolute Gasteiger partial charge is 0.504 e. The lowest BCUT2D eigenvalue weighted by Crippen LogP contribution is -2.20. The molecule has 3 aromatic rings. The number of ether oxygens (including phenoxy) is 1. The number of Topliss-reactive ketones (excluding diaryl/α,β-unsaturated/α-hetero) is 1. The molecule has 0 aliphatic carbocycles. The molecule has 8 heteroatoms. The number of fused-ring (bicyclic) bond motifs is 3. The summed E-state index contributed by atoms with van der Waals surface area (Å²) in [5.74, 6) is -1.16. The van der Waals surface area contributed by atoms with Gasteiger partial charge in [-0.05, 0) is 42.8 Å². The van der Waals surface area contributed by atoms with Crippen LogP contribution in [0.2, 0.25) is 0 Å². The van der Waals surface area contributed by atoms with Crippen molar-refractivity contribution in [3.8, 4) is 39.9 Å². The first kappa shape index (κ1) is 20.1. The van der Waals surface area contributed by atoms with E-state index in [1.165, 1.54) is 43.3 Å². The first-order valence-electron chi connectivity index (χ1n) is 9.33. The van der Waals surface area contributed by atoms with E-state index in [9.17, 15) is 30.0 Å². The molecule has 0 radical (unpaired) electrons. The Labute approximate surface area is 175 Å². The van der Waals surface area contributed by atoms with Gasteiger partial charge in [0.15, 0.2) is 23.0 Å². The molecule has 4 N–H and O–H groups in total. The Hall–Kier alpha value is -4.20. The fourth-order valence-corrected chi connectivity index (χ4v) is 3.44. The summed E-state index contributed by atoms with van der Waals surface area (Å²) in [7, 11) is 0. The molecule has 8 nitrogen and oxygen atoms in total. The molecule has 0 spiro atoms. The van der Waals surface area contributed by atoms with Crippen LogP contribution in [0, 0.1) is 0 Å². The van der Waals surface area contributed by atoms with Crippen LogP contribution in [0.1, 0.15) is 36.3 Å². The summed E-state index contributed by atoms with van der Waals surface area (Å²) in [6.07, 6.45) is 2.31. The molecule has 0 saturated carbocycles. The van der Waals surface area contributed by atoms with Gasteiger partial charge >= 0.3 is 5.63 Å². The zero-order chi connectivity index (χ0) is 22.3. The number of rotatable bonds is 4. The van der Waals surface area contributed by atoms with Gasteiger partial charge in [0.1, 0.15) is 29.0 Å². The number of phenols is 4. The van der Waals surface area contributed by atoms with Gasteiger partial charge in [-0.3, -0.25) is 4.79 Å². The van der Waals surface area contributed by atoms with Crippen LogP contribution >= 0.6 is 0 Å². The number of hydrogen-bond donors (Lipinski definition) is 4. The van der Waals surface area contributed by atoms with Crippen molar-refractivity contribution in [2.24, 2.45) is 0 Å². The second-order valence-corrected chi connectivity index (χ2v) is 7.20. The fourth-order valence-electron chi connectivity index (χ4n) is 3.44. The lowest BCUT2D eigenvalue weighted by Gasteiger charge is -2.28. The third-order valence-electron chi connectivity index (χ3n) is 4.88. The SMILES string of the molecule is CC(=O)C[C@@H]1Oc2cc(/C=C/c3ccc(O)c(O)c3)oc(=O)c2-c2cc(O)c(O)cc21. The first-order valence-corrected chi connectivity index (χ1v) is 9.33. The highest BCUT2D eigenvalue weighted by molar-refractivity contribution is 5.81. The van der Waals surface area contributed by atoms with Crippen molar-refractivity contribution in [3.63, 3.8) is 0 Å². The number of phenolic OH excluding ortho intramolecular Hbond substituents is 4. The summed E-state index contributed by atoms with van der Waals surface area (Å²) in [6, 6.07) is 8.22. The van der Waals surface area contributed by atoms with E-state index in [0.29, 0.717) is 16.7 Å². The Morgan fingerprint density at radius 1 is 0.968 bits per heavy atom. The highest BCUT2D eigenvalue weighted by Crippen LogP contribution is 2.46. The topological polar surface area (TPSA) is 137 Å². The van der Waals surface area contributed by atoms with Crippen molar-refractivity contribution in [1.82, 2.24) is 0 Å². The maximum Gasteiger partial charge on any atom is 0.347 e. The van der Waals surface area contributed by atoms with Crippen LogP contribution in [0.4, 0.5) is 0 Å². The quantitative estimate of drug-likeness (QED) is 0.467. The normalized spacial score (nSPS) is 14.7. The molecule has 31 heavy (non-hydrogen) atoms. The minimum absolute atomic E-state index is 0.00877. The van der Waals surface area contributed by atoms with Crippen molar-refractivity contribution in [3.05, 3.63) is 63.7 Å². The molecule has 0 bridgehead atoms. The Morgan fingerprint density at radius 3 is 2.39 bits per heavy atom. The zero-order valence-electron chi connectivity index (χ0n) is 16.3. The summed E-state index contributed by atoms with van der Waals surface area (Å²) >= 11 is 0. The number of carbonyl (C=O) groups is 1. The first-order chi connectivity index (χ1) is 14.7. The van der Waals surface area contributed by atoms with Crippen molar-refractivity contribution >= 4 is 17.9 Å². The van der Waals surface area contributed by atoms with Gasteiger partial charge in [-0.2, -0.15) is 0 Å². The average molecular weight is 422 g/mol. The monoisotopic (exact) mass is 422 g/mol. The minimum atomic E-state index is -0.751. The third kappa shape index (κ3) is 3.83. The highest BCUT2D eigenvalue weighted by Gasteiger charge is 2.31. The van der Waals surface area contributed by atoms with E-state index in [2.05, 4.69) is 0 Å². The smallest absolute Gasteiger partial charge is 0.347 e. The van der Waals surface area contributed by atoms with Gasteiger partial charge in [0.05, 0.1) is 0 Å². The standard InChI is InChI=1S/C23H18O8/c1-11(24)6-20-14-9-18(27)19(28)10-15(14)22-21(31-20)8-13(30-23(22)29)4-2-12-3-5-16(25)17(26)7-12/h2-5,7-10,20,25-28H,6H2,1H3/b4-2+/t20-/m0/s1. The van der Waals surface area contributed by atoms with Crippen molar-refractivity contribution in [2.75, 3.05) is 0 Å². The van der Waals surface area contributed by atoms with E-state index >= 15 is 0 Å². The molecule has 4 rings (SSSR count). The Morgan fingerprint density at radius 2 is 1.68 bits per heavy atom. The summed E-state index contributed by atoms with van der Waals surface area (Å²) in [4.78, 5) is 24.4. The zero-order valence-corrected chi connectivity index (χ0v) is 16.3. The van der Waals surface area contributed by atoms with Crippen molar-refractivity contribution < 1.29 is 34.4 Å². The molecule has 1 aromatic heterocycles. The van der Waals surface area contributed by atoms with E-state index in [4.69, 9.17) is 9.15 Å². The molecule has 2 aromatic carbocycles. The fraction of sp³-hybridized carbons (Fsp3) is 0.130. The molecule has 0 unspecified atom stereocenters. The van der Waals surface area contributed by atoms with E-state index < -0.39 is 17.5 Å². The summed E-state index contributed by atoms with van der Waals surface area (Å²) < 4.78 is 11.2. The van der Waals surface area contributed by atoms with Gasteiger partial charge in [0.25, 0.3) is 0 Å². The van der Waals surface area contributed by atoms with Crippen LogP contribution in [-0.4, -0.2) is 26.2 Å². The summed E-state index contributed by atoms with van der Waals surface area (Å²) in [5.41, 5.74) is 0.614. The molecule has 1 aliphatic rings. The molecule has 158 valence electrons. The molecular formula is C23H18O8. The van der Waals surface area contributed by atoms with Gasteiger partial charge in [0, 0.05) is 23.6 Å². The third-order valence-corrected chi connectivity index (χ3v) is 4.88. The van der Waals surface area contributed by atoms with E-state index in [1.807, 2.05) is 0 Å². The Kier molecular flexibility index (Phi) is 4.90. The van der Waals surface area contributed by atoms with Gasteiger partial charge < -0.3 is 29.6 Å². The van der Waals surface area contributed by atoms with Crippen LogP contribution in [0.5, 0.6) is 28.7 Å². The van der Waals surface area contributed by atoms with Crippen LogP contribution in [0.25, 0.3) is 23.3 Å². The molecule has 2 heterocycles. The Balaban J connectivity index is 1.79. The van der Waals surface area contributed by atoms with Crippen LogP contribution in [0.15, 0.2) is 45.6 Å². The number of carbonyl (C=O) groups excluding carboxylic acids is 1. The second kappa shape index (κ2) is 7.56. The number of aromatic hydroxyl groups is 4. The second-order valence-electron chi connectivity index (χ2n) is 7.20. The maximum absolute atomic E-state index is 12.7. The van der Waals surface area contributed by atoms with Crippen molar-refractivity contribution in [2.45, 2.75) is 19.4 Å². The lowest BCUT2D eigenvalue weighted by atomic mass is 9.91. The van der Waals surface area contributed by atoms with Crippen LogP contribution < -0.4 is 10.4 Å². The summed E-state index contributed by atoms with van der Waals surface area (Å²) in [5, 5.41) is 38.8. The minimum Gasteiger partial charge on any atom is -0.504 e. The van der Waals surface area contributed by atoms with E-state index in [1.54, 1.807) is 12.1 Å². The van der Waals surface area contributed by atoms with E-state index in [-0.39, 0.29) is 46.5 Å². The van der Waals surface area contributed by atoms with Crippen LogP contribution in [0.3, 0.4) is 0 Å². The van der Waals surface area contributed by atoms with Gasteiger partial charge in [-0.15, -0.1) is 0 Å². The molecular weight excluding hydrogens is 404 g/mol. The lowest BCUT2D eigenvalue weighted by molar-refractivity contribution is -0.118. The molecule has 0 amide bonds.